The lowest BCUT2D eigenvalue weighted by molar-refractivity contribution is -0.140. The molecule has 0 radical (unpaired) electrons. The number of nitrogens with zero attached hydrogens (tertiary/aromatic N) is 2. The van der Waals surface area contributed by atoms with Gasteiger partial charge < -0.3 is 15.0 Å². The Morgan fingerprint density at radius 1 is 1.19 bits per heavy atom. The molecule has 7 nitrogen and oxygen atoms in total. The van der Waals surface area contributed by atoms with Crippen LogP contribution in [0.1, 0.15) is 18.1 Å². The topological polar surface area (TPSA) is 79.0 Å². The SMILES string of the molecule is Cc1ccc(C)c(S(=O)(=O)N2CCN(C(=O)[C@H]3NCCO[C@@H]3C)CC2)c1. The van der Waals surface area contributed by atoms with Gasteiger partial charge in [0, 0.05) is 32.7 Å². The van der Waals surface area contributed by atoms with Gasteiger partial charge in [0.15, 0.2) is 0 Å². The fourth-order valence-electron chi connectivity index (χ4n) is 3.48. The van der Waals surface area contributed by atoms with Crippen LogP contribution in [-0.2, 0) is 19.6 Å². The number of carbonyl (C=O) groups is 1. The third-order valence-electron chi connectivity index (χ3n) is 5.09. The molecule has 8 heteroatoms. The number of hydrogen-bond acceptors (Lipinski definition) is 5. The average molecular weight is 381 g/mol. The molecule has 0 unspecified atom stereocenters. The lowest BCUT2D eigenvalue weighted by Crippen LogP contribution is -2.60. The van der Waals surface area contributed by atoms with Gasteiger partial charge in [0.2, 0.25) is 15.9 Å². The van der Waals surface area contributed by atoms with Gasteiger partial charge in [-0.05, 0) is 38.0 Å². The van der Waals surface area contributed by atoms with Crippen LogP contribution in [0.4, 0.5) is 0 Å². The van der Waals surface area contributed by atoms with Crippen LogP contribution in [0.5, 0.6) is 0 Å². The third-order valence-corrected chi connectivity index (χ3v) is 7.13. The van der Waals surface area contributed by atoms with Gasteiger partial charge in [-0.15, -0.1) is 0 Å². The lowest BCUT2D eigenvalue weighted by Gasteiger charge is -2.38. The van der Waals surface area contributed by atoms with Gasteiger partial charge in [-0.3, -0.25) is 4.79 Å². The molecule has 0 bridgehead atoms. The maximum atomic E-state index is 13.0. The number of sulfonamides is 1. The smallest absolute Gasteiger partial charge is 0.243 e. The molecule has 3 rings (SSSR count). The van der Waals surface area contributed by atoms with Crippen molar-refractivity contribution < 1.29 is 17.9 Å². The van der Waals surface area contributed by atoms with E-state index < -0.39 is 10.0 Å². The van der Waals surface area contributed by atoms with Crippen molar-refractivity contribution in [1.82, 2.24) is 14.5 Å². The Morgan fingerprint density at radius 2 is 1.88 bits per heavy atom. The number of piperazine rings is 1. The highest BCUT2D eigenvalue weighted by Crippen LogP contribution is 2.22. The predicted molar refractivity (Wildman–Crippen MR) is 98.5 cm³/mol. The summed E-state index contributed by atoms with van der Waals surface area (Å²) in [6, 6.07) is 5.10. The van der Waals surface area contributed by atoms with Crippen LogP contribution in [0.2, 0.25) is 0 Å². The van der Waals surface area contributed by atoms with Gasteiger partial charge in [0.05, 0.1) is 17.6 Å². The maximum absolute atomic E-state index is 13.0. The molecular formula is C18H27N3O4S. The van der Waals surface area contributed by atoms with Gasteiger partial charge in [0.1, 0.15) is 6.04 Å². The van der Waals surface area contributed by atoms with E-state index in [1.807, 2.05) is 32.9 Å². The zero-order valence-corrected chi connectivity index (χ0v) is 16.4. The van der Waals surface area contributed by atoms with Gasteiger partial charge in [-0.1, -0.05) is 12.1 Å². The minimum atomic E-state index is -3.54. The lowest BCUT2D eigenvalue weighted by atomic mass is 10.1. The highest BCUT2D eigenvalue weighted by atomic mass is 32.2. The first-order chi connectivity index (χ1) is 12.3. The molecule has 2 heterocycles. The van der Waals surface area contributed by atoms with Crippen molar-refractivity contribution in [3.05, 3.63) is 29.3 Å². The van der Waals surface area contributed by atoms with E-state index in [-0.39, 0.29) is 18.1 Å². The molecule has 2 aliphatic rings. The molecule has 1 aromatic rings. The van der Waals surface area contributed by atoms with Crippen LogP contribution in [0.25, 0.3) is 0 Å². The Bertz CT molecular complexity index is 773. The first-order valence-corrected chi connectivity index (χ1v) is 10.5. The second-order valence-corrected chi connectivity index (χ2v) is 8.91. The van der Waals surface area contributed by atoms with E-state index in [1.54, 1.807) is 11.0 Å². The predicted octanol–water partition coefficient (Wildman–Crippen LogP) is 0.513. The summed E-state index contributed by atoms with van der Waals surface area (Å²) in [5, 5.41) is 3.20. The van der Waals surface area contributed by atoms with Gasteiger partial charge in [0.25, 0.3) is 0 Å². The highest BCUT2D eigenvalue weighted by molar-refractivity contribution is 7.89. The summed E-state index contributed by atoms with van der Waals surface area (Å²) in [7, 11) is -3.54. The second kappa shape index (κ2) is 7.64. The summed E-state index contributed by atoms with van der Waals surface area (Å²) in [4.78, 5) is 14.8. The molecule has 1 N–H and O–H groups in total. The summed E-state index contributed by atoms with van der Waals surface area (Å²) in [5.74, 6) is -0.0130. The zero-order chi connectivity index (χ0) is 18.9. The van der Waals surface area contributed by atoms with Crippen LogP contribution >= 0.6 is 0 Å². The second-order valence-electron chi connectivity index (χ2n) is 7.01. The number of amides is 1. The highest BCUT2D eigenvalue weighted by Gasteiger charge is 2.36. The minimum Gasteiger partial charge on any atom is -0.375 e. The third kappa shape index (κ3) is 3.78. The summed E-state index contributed by atoms with van der Waals surface area (Å²) < 4.78 is 33.0. The van der Waals surface area contributed by atoms with E-state index >= 15 is 0 Å². The Kier molecular flexibility index (Phi) is 5.67. The van der Waals surface area contributed by atoms with Crippen molar-refractivity contribution in [3.63, 3.8) is 0 Å². The molecule has 2 fully saturated rings. The largest absolute Gasteiger partial charge is 0.375 e. The molecule has 1 amide bonds. The van der Waals surface area contributed by atoms with Crippen molar-refractivity contribution in [3.8, 4) is 0 Å². The molecule has 2 atom stereocenters. The molecule has 0 saturated carbocycles. The van der Waals surface area contributed by atoms with Crippen LogP contribution in [0, 0.1) is 13.8 Å². The molecular weight excluding hydrogens is 354 g/mol. The Morgan fingerprint density at radius 3 is 2.54 bits per heavy atom. The van der Waals surface area contributed by atoms with Crippen molar-refractivity contribution in [2.75, 3.05) is 39.3 Å². The molecule has 2 saturated heterocycles. The van der Waals surface area contributed by atoms with E-state index in [1.165, 1.54) is 4.31 Å². The Labute approximate surface area is 155 Å². The molecule has 1 aromatic carbocycles. The number of aryl methyl sites for hydroxylation is 2. The summed E-state index contributed by atoms with van der Waals surface area (Å²) in [6.07, 6.45) is -0.173. The van der Waals surface area contributed by atoms with E-state index in [4.69, 9.17) is 4.74 Å². The standard InChI is InChI=1S/C18H27N3O4S/c1-13-4-5-14(2)16(12-13)26(23,24)21-9-7-20(8-10-21)18(22)17-15(3)25-11-6-19-17/h4-5,12,15,17,19H,6-11H2,1-3H3/t15-,17+/m1/s1. The molecule has 2 aliphatic heterocycles. The fourth-order valence-corrected chi connectivity index (χ4v) is 5.21. The molecule has 144 valence electrons. The van der Waals surface area contributed by atoms with Crippen molar-refractivity contribution in [1.29, 1.82) is 0 Å². The fraction of sp³-hybridized carbons (Fsp3) is 0.611. The number of benzene rings is 1. The number of ether oxygens (including phenoxy) is 1. The number of morpholine rings is 1. The van der Waals surface area contributed by atoms with Crippen LogP contribution in [0.15, 0.2) is 23.1 Å². The first-order valence-electron chi connectivity index (χ1n) is 9.02. The zero-order valence-electron chi connectivity index (χ0n) is 15.6. The van der Waals surface area contributed by atoms with Crippen molar-refractivity contribution >= 4 is 15.9 Å². The maximum Gasteiger partial charge on any atom is 0.243 e. The summed E-state index contributed by atoms with van der Waals surface area (Å²) in [6.45, 7) is 8.25. The first kappa shape index (κ1) is 19.3. The number of hydrogen-bond donors (Lipinski definition) is 1. The Hall–Kier alpha value is -1.48. The van der Waals surface area contributed by atoms with Crippen LogP contribution < -0.4 is 5.32 Å². The van der Waals surface area contributed by atoms with Crippen molar-refractivity contribution in [2.45, 2.75) is 37.8 Å². The molecule has 26 heavy (non-hydrogen) atoms. The normalized spacial score (nSPS) is 25.3. The van der Waals surface area contributed by atoms with Crippen LogP contribution in [-0.4, -0.2) is 75.0 Å². The quantitative estimate of drug-likeness (QED) is 0.826. The van der Waals surface area contributed by atoms with Gasteiger partial charge in [-0.2, -0.15) is 4.31 Å². The molecule has 0 spiro atoms. The number of carbonyl (C=O) groups excluding carboxylic acids is 1. The number of nitrogens with one attached hydrogen (secondary N) is 1. The average Bonchev–Trinajstić information content (AvgIpc) is 2.63. The number of rotatable bonds is 3. The molecule has 0 aromatic heterocycles. The van der Waals surface area contributed by atoms with Crippen molar-refractivity contribution in [2.24, 2.45) is 0 Å². The van der Waals surface area contributed by atoms with E-state index in [0.29, 0.717) is 44.2 Å². The van der Waals surface area contributed by atoms with E-state index in [2.05, 4.69) is 5.32 Å². The van der Waals surface area contributed by atoms with Gasteiger partial charge in [-0.25, -0.2) is 8.42 Å². The Balaban J connectivity index is 1.68. The van der Waals surface area contributed by atoms with Crippen LogP contribution in [0.3, 0.4) is 0 Å². The molecule has 0 aliphatic carbocycles. The van der Waals surface area contributed by atoms with Gasteiger partial charge >= 0.3 is 0 Å². The summed E-state index contributed by atoms with van der Waals surface area (Å²) in [5.41, 5.74) is 1.66. The monoisotopic (exact) mass is 381 g/mol. The summed E-state index contributed by atoms with van der Waals surface area (Å²) >= 11 is 0. The minimum absolute atomic E-state index is 0.0130. The van der Waals surface area contributed by atoms with E-state index in [9.17, 15) is 13.2 Å². The van der Waals surface area contributed by atoms with E-state index in [0.717, 1.165) is 11.1 Å².